The minimum absolute atomic E-state index is 0.0521. The molecule has 0 unspecified atom stereocenters. The third-order valence-corrected chi connectivity index (χ3v) is 4.98. The summed E-state index contributed by atoms with van der Waals surface area (Å²) in [5.41, 5.74) is 3.87. The number of anilines is 1. The minimum Gasteiger partial charge on any atom is -0.370 e. The summed E-state index contributed by atoms with van der Waals surface area (Å²) in [5.74, 6) is -0.617. The first-order valence-electron chi connectivity index (χ1n) is 10.5. The van der Waals surface area contributed by atoms with E-state index in [0.717, 1.165) is 22.5 Å². The highest BCUT2D eigenvalue weighted by molar-refractivity contribution is 6.16. The van der Waals surface area contributed by atoms with Gasteiger partial charge in [-0.25, -0.2) is 0 Å². The zero-order chi connectivity index (χ0) is 22.4. The van der Waals surface area contributed by atoms with E-state index in [1.807, 2.05) is 69.4 Å². The van der Waals surface area contributed by atoms with Crippen LogP contribution in [0.2, 0.25) is 0 Å². The number of aliphatic imine (C=N–C) groups is 1. The predicted octanol–water partition coefficient (Wildman–Crippen LogP) is 2.35. The molecule has 0 fully saturated rings. The Balaban J connectivity index is 1.78. The van der Waals surface area contributed by atoms with E-state index < -0.39 is 12.2 Å². The summed E-state index contributed by atoms with van der Waals surface area (Å²) in [6.07, 6.45) is -0.518. The van der Waals surface area contributed by atoms with Crippen LogP contribution in [0.4, 0.5) is 5.69 Å². The minimum atomic E-state index is -0.699. The van der Waals surface area contributed by atoms with E-state index in [1.54, 1.807) is 6.92 Å². The van der Waals surface area contributed by atoms with E-state index in [-0.39, 0.29) is 24.5 Å². The lowest BCUT2D eigenvalue weighted by molar-refractivity contribution is -0.132. The third-order valence-electron chi connectivity index (χ3n) is 4.98. The maximum atomic E-state index is 12.8. The normalized spacial score (nSPS) is 16.7. The summed E-state index contributed by atoms with van der Waals surface area (Å²) in [6.45, 7) is 5.79. The van der Waals surface area contributed by atoms with Crippen LogP contribution < -0.4 is 15.5 Å². The average molecular weight is 423 g/mol. The largest absolute Gasteiger partial charge is 0.370 e. The molecule has 0 saturated heterocycles. The summed E-state index contributed by atoms with van der Waals surface area (Å²) >= 11 is 0. The van der Waals surface area contributed by atoms with Crippen LogP contribution in [0.1, 0.15) is 31.9 Å². The number of amides is 2. The molecule has 1 aliphatic heterocycles. The SMILES string of the molecule is CC(C)OCC(=O)N[C@@H](C)C(=O)N[C@@H]1CN(C)c2ccccc2C(c2ccccc2)=N1. The number of para-hydroxylation sites is 1. The van der Waals surface area contributed by atoms with Gasteiger partial charge >= 0.3 is 0 Å². The second kappa shape index (κ2) is 10.2. The topological polar surface area (TPSA) is 83.0 Å². The van der Waals surface area contributed by atoms with Crippen molar-refractivity contribution >= 4 is 23.2 Å². The monoisotopic (exact) mass is 422 g/mol. The number of benzene rings is 2. The molecule has 2 aromatic carbocycles. The van der Waals surface area contributed by atoms with Gasteiger partial charge in [-0.1, -0.05) is 48.5 Å². The van der Waals surface area contributed by atoms with Crippen molar-refractivity contribution in [3.8, 4) is 0 Å². The number of benzodiazepines with no additional fused rings is 1. The van der Waals surface area contributed by atoms with Crippen molar-refractivity contribution in [1.82, 2.24) is 10.6 Å². The quantitative estimate of drug-likeness (QED) is 0.718. The molecule has 1 heterocycles. The molecule has 7 heteroatoms. The average Bonchev–Trinajstić information content (AvgIpc) is 2.89. The van der Waals surface area contributed by atoms with Crippen molar-refractivity contribution in [3.63, 3.8) is 0 Å². The van der Waals surface area contributed by atoms with Gasteiger partial charge in [-0.15, -0.1) is 0 Å². The van der Waals surface area contributed by atoms with Crippen LogP contribution in [-0.2, 0) is 14.3 Å². The Kier molecular flexibility index (Phi) is 7.41. The molecular weight excluding hydrogens is 392 g/mol. The Bertz CT molecular complexity index is 943. The van der Waals surface area contributed by atoms with Crippen LogP contribution in [0.25, 0.3) is 0 Å². The molecule has 0 aromatic heterocycles. The lowest BCUT2D eigenvalue weighted by Crippen LogP contribution is -2.50. The van der Waals surface area contributed by atoms with Crippen molar-refractivity contribution in [2.75, 3.05) is 25.1 Å². The van der Waals surface area contributed by atoms with E-state index >= 15 is 0 Å². The zero-order valence-electron chi connectivity index (χ0n) is 18.5. The number of hydrogen-bond donors (Lipinski definition) is 2. The summed E-state index contributed by atoms with van der Waals surface area (Å²) in [7, 11) is 1.98. The number of hydrogen-bond acceptors (Lipinski definition) is 5. The first-order chi connectivity index (χ1) is 14.8. The number of likely N-dealkylation sites (N-methyl/N-ethyl adjacent to an activating group) is 1. The number of nitrogens with zero attached hydrogens (tertiary/aromatic N) is 2. The lowest BCUT2D eigenvalue weighted by Gasteiger charge is -2.24. The molecule has 7 nitrogen and oxygen atoms in total. The number of ether oxygens (including phenoxy) is 1. The second-order valence-corrected chi connectivity index (χ2v) is 7.91. The fraction of sp³-hybridized carbons (Fsp3) is 0.375. The van der Waals surface area contributed by atoms with Gasteiger partial charge in [0.05, 0.1) is 18.4 Å². The van der Waals surface area contributed by atoms with Crippen LogP contribution in [0.5, 0.6) is 0 Å². The second-order valence-electron chi connectivity index (χ2n) is 7.91. The summed E-state index contributed by atoms with van der Waals surface area (Å²) < 4.78 is 5.29. The molecule has 2 amide bonds. The molecule has 2 atom stereocenters. The molecule has 31 heavy (non-hydrogen) atoms. The predicted molar refractivity (Wildman–Crippen MR) is 122 cm³/mol. The van der Waals surface area contributed by atoms with E-state index in [1.165, 1.54) is 0 Å². The molecule has 0 bridgehead atoms. The Morgan fingerprint density at radius 1 is 1.10 bits per heavy atom. The molecule has 0 aliphatic carbocycles. The van der Waals surface area contributed by atoms with Crippen molar-refractivity contribution in [2.24, 2.45) is 4.99 Å². The number of carbonyl (C=O) groups is 2. The summed E-state index contributed by atoms with van der Waals surface area (Å²) in [6, 6.07) is 17.3. The van der Waals surface area contributed by atoms with Crippen LogP contribution in [0.3, 0.4) is 0 Å². The molecule has 164 valence electrons. The van der Waals surface area contributed by atoms with Gasteiger partial charge in [-0.05, 0) is 26.8 Å². The molecule has 0 spiro atoms. The standard InChI is InChI=1S/C24H30N4O3/c1-16(2)31-15-22(29)25-17(3)24(30)27-21-14-28(4)20-13-9-8-12-19(20)23(26-21)18-10-6-5-7-11-18/h5-13,16-17,21H,14-15H2,1-4H3,(H,25,29)(H,27,30)/t17-,21+/m0/s1. The summed E-state index contributed by atoms with van der Waals surface area (Å²) in [5, 5.41) is 5.64. The van der Waals surface area contributed by atoms with Crippen LogP contribution in [0, 0.1) is 0 Å². The molecule has 0 saturated carbocycles. The van der Waals surface area contributed by atoms with Gasteiger partial charge in [-0.2, -0.15) is 0 Å². The zero-order valence-corrected chi connectivity index (χ0v) is 18.5. The van der Waals surface area contributed by atoms with E-state index in [2.05, 4.69) is 21.6 Å². The molecule has 1 aliphatic rings. The van der Waals surface area contributed by atoms with E-state index in [4.69, 9.17) is 9.73 Å². The van der Waals surface area contributed by atoms with Gasteiger partial charge in [0, 0.05) is 23.9 Å². The maximum Gasteiger partial charge on any atom is 0.246 e. The number of nitrogens with one attached hydrogen (secondary N) is 2. The van der Waals surface area contributed by atoms with Gasteiger partial charge in [0.25, 0.3) is 0 Å². The van der Waals surface area contributed by atoms with Crippen molar-refractivity contribution in [3.05, 3.63) is 65.7 Å². The Morgan fingerprint density at radius 2 is 1.77 bits per heavy atom. The highest BCUT2D eigenvalue weighted by atomic mass is 16.5. The van der Waals surface area contributed by atoms with Crippen LogP contribution in [-0.4, -0.2) is 56.0 Å². The number of rotatable bonds is 7. The Morgan fingerprint density at radius 3 is 2.48 bits per heavy atom. The molecule has 2 N–H and O–H groups in total. The van der Waals surface area contributed by atoms with Crippen molar-refractivity contribution < 1.29 is 14.3 Å². The van der Waals surface area contributed by atoms with Crippen LogP contribution >= 0.6 is 0 Å². The van der Waals surface area contributed by atoms with Gasteiger partial charge < -0.3 is 20.3 Å². The number of fused-ring (bicyclic) bond motifs is 1. The van der Waals surface area contributed by atoms with Gasteiger partial charge in [0.2, 0.25) is 11.8 Å². The van der Waals surface area contributed by atoms with E-state index in [0.29, 0.717) is 6.54 Å². The number of carbonyl (C=O) groups excluding carboxylic acids is 2. The molecular formula is C24H30N4O3. The third kappa shape index (κ3) is 5.92. The maximum absolute atomic E-state index is 12.8. The van der Waals surface area contributed by atoms with Gasteiger partial charge in [-0.3, -0.25) is 14.6 Å². The van der Waals surface area contributed by atoms with Gasteiger partial charge in [0.15, 0.2) is 0 Å². The molecule has 2 aromatic rings. The highest BCUT2D eigenvalue weighted by Crippen LogP contribution is 2.26. The lowest BCUT2D eigenvalue weighted by atomic mass is 10.0. The molecule has 0 radical (unpaired) electrons. The Labute approximate surface area is 183 Å². The first-order valence-corrected chi connectivity index (χ1v) is 10.5. The summed E-state index contributed by atoms with van der Waals surface area (Å²) in [4.78, 5) is 31.7. The fourth-order valence-electron chi connectivity index (χ4n) is 3.41. The smallest absolute Gasteiger partial charge is 0.246 e. The van der Waals surface area contributed by atoms with Gasteiger partial charge in [0.1, 0.15) is 18.8 Å². The van der Waals surface area contributed by atoms with Crippen molar-refractivity contribution in [1.29, 1.82) is 0 Å². The fourth-order valence-corrected chi connectivity index (χ4v) is 3.41. The van der Waals surface area contributed by atoms with E-state index in [9.17, 15) is 9.59 Å². The Hall–Kier alpha value is -3.19. The molecule has 3 rings (SSSR count). The van der Waals surface area contributed by atoms with Crippen molar-refractivity contribution in [2.45, 2.75) is 39.1 Å². The first kappa shape index (κ1) is 22.5. The highest BCUT2D eigenvalue weighted by Gasteiger charge is 2.25. The van der Waals surface area contributed by atoms with Crippen LogP contribution in [0.15, 0.2) is 59.6 Å².